The van der Waals surface area contributed by atoms with Crippen LogP contribution < -0.4 is 5.32 Å². The van der Waals surface area contributed by atoms with Gasteiger partial charge in [-0.3, -0.25) is 0 Å². The molecule has 2 rings (SSSR count). The molecule has 1 aliphatic heterocycles. The molecule has 2 heteroatoms. The summed E-state index contributed by atoms with van der Waals surface area (Å²) in [5, 5.41) is 3.72. The Morgan fingerprint density at radius 3 is 2.31 bits per heavy atom. The van der Waals surface area contributed by atoms with E-state index in [4.69, 9.17) is 0 Å². The van der Waals surface area contributed by atoms with E-state index in [9.17, 15) is 0 Å². The van der Waals surface area contributed by atoms with Crippen LogP contribution in [0.3, 0.4) is 0 Å². The van der Waals surface area contributed by atoms with Gasteiger partial charge in [0.1, 0.15) is 0 Å². The van der Waals surface area contributed by atoms with Crippen LogP contribution in [0.2, 0.25) is 0 Å². The first-order valence-electron chi connectivity index (χ1n) is 7.06. The number of hydrogen-bond donors (Lipinski definition) is 1. The molecule has 1 aliphatic carbocycles. The Kier molecular flexibility index (Phi) is 3.91. The third-order valence-electron chi connectivity index (χ3n) is 4.38. The van der Waals surface area contributed by atoms with Crippen LogP contribution in [-0.2, 0) is 0 Å². The van der Waals surface area contributed by atoms with Crippen LogP contribution in [0.5, 0.6) is 0 Å². The molecule has 0 aromatic rings. The van der Waals surface area contributed by atoms with E-state index < -0.39 is 0 Å². The van der Waals surface area contributed by atoms with Crippen LogP contribution in [0, 0.1) is 11.8 Å². The average Bonchev–Trinajstić information content (AvgIpc) is 2.59. The lowest BCUT2D eigenvalue weighted by molar-refractivity contribution is 0.234. The third-order valence-corrected chi connectivity index (χ3v) is 4.38. The van der Waals surface area contributed by atoms with Crippen molar-refractivity contribution in [2.24, 2.45) is 11.8 Å². The molecule has 16 heavy (non-hydrogen) atoms. The van der Waals surface area contributed by atoms with Crippen molar-refractivity contribution < 1.29 is 0 Å². The van der Waals surface area contributed by atoms with Gasteiger partial charge in [0.2, 0.25) is 0 Å². The molecule has 0 aromatic carbocycles. The molecule has 3 atom stereocenters. The predicted octanol–water partition coefficient (Wildman–Crippen LogP) is 2.49. The summed E-state index contributed by atoms with van der Waals surface area (Å²) >= 11 is 0. The average molecular weight is 224 g/mol. The Hall–Kier alpha value is -0.0800. The van der Waals surface area contributed by atoms with Crippen molar-refractivity contribution in [3.05, 3.63) is 0 Å². The molecule has 0 amide bonds. The largest absolute Gasteiger partial charge is 0.312 e. The lowest BCUT2D eigenvalue weighted by Gasteiger charge is -2.32. The van der Waals surface area contributed by atoms with E-state index in [1.165, 1.54) is 32.4 Å². The molecule has 1 heterocycles. The monoisotopic (exact) mass is 224 g/mol. The molecule has 0 bridgehead atoms. The highest BCUT2D eigenvalue weighted by Gasteiger charge is 2.38. The van der Waals surface area contributed by atoms with Gasteiger partial charge in [-0.25, -0.2) is 0 Å². The van der Waals surface area contributed by atoms with Crippen molar-refractivity contribution in [2.75, 3.05) is 13.1 Å². The van der Waals surface area contributed by atoms with Gasteiger partial charge in [0, 0.05) is 31.2 Å². The van der Waals surface area contributed by atoms with Crippen molar-refractivity contribution in [3.63, 3.8) is 0 Å². The van der Waals surface area contributed by atoms with Crippen LogP contribution in [0.4, 0.5) is 0 Å². The fraction of sp³-hybridized carbons (Fsp3) is 1.00. The van der Waals surface area contributed by atoms with Crippen molar-refractivity contribution in [1.82, 2.24) is 10.2 Å². The molecule has 0 aromatic heterocycles. The SMILES string of the molecule is CC(C)NC1CCC2CN(C(C)C)CC2C1. The summed E-state index contributed by atoms with van der Waals surface area (Å²) in [6.45, 7) is 11.9. The molecule has 1 saturated carbocycles. The maximum atomic E-state index is 3.72. The molecule has 2 aliphatic rings. The predicted molar refractivity (Wildman–Crippen MR) is 69.6 cm³/mol. The summed E-state index contributed by atoms with van der Waals surface area (Å²) in [7, 11) is 0. The van der Waals surface area contributed by atoms with E-state index in [0.717, 1.165) is 23.9 Å². The maximum absolute atomic E-state index is 3.72. The summed E-state index contributed by atoms with van der Waals surface area (Å²) in [4.78, 5) is 2.67. The Balaban J connectivity index is 1.86. The van der Waals surface area contributed by atoms with Gasteiger partial charge < -0.3 is 10.2 Å². The topological polar surface area (TPSA) is 15.3 Å². The highest BCUT2D eigenvalue weighted by Crippen LogP contribution is 2.37. The van der Waals surface area contributed by atoms with Gasteiger partial charge in [-0.1, -0.05) is 13.8 Å². The number of nitrogens with zero attached hydrogens (tertiary/aromatic N) is 1. The quantitative estimate of drug-likeness (QED) is 0.792. The first kappa shape index (κ1) is 12.4. The van der Waals surface area contributed by atoms with Crippen molar-refractivity contribution in [1.29, 1.82) is 0 Å². The second kappa shape index (κ2) is 5.05. The van der Waals surface area contributed by atoms with Gasteiger partial charge in [0.15, 0.2) is 0 Å². The Morgan fingerprint density at radius 1 is 1.00 bits per heavy atom. The molecule has 0 spiro atoms. The lowest BCUT2D eigenvalue weighted by atomic mass is 9.79. The van der Waals surface area contributed by atoms with E-state index in [0.29, 0.717) is 6.04 Å². The van der Waals surface area contributed by atoms with Gasteiger partial charge in [0.05, 0.1) is 0 Å². The third kappa shape index (κ3) is 2.78. The number of hydrogen-bond acceptors (Lipinski definition) is 2. The first-order valence-corrected chi connectivity index (χ1v) is 7.06. The van der Waals surface area contributed by atoms with Gasteiger partial charge in [-0.05, 0) is 44.9 Å². The fourth-order valence-corrected chi connectivity index (χ4v) is 3.51. The summed E-state index contributed by atoms with van der Waals surface area (Å²) < 4.78 is 0. The van der Waals surface area contributed by atoms with Crippen LogP contribution in [0.25, 0.3) is 0 Å². The number of fused-ring (bicyclic) bond motifs is 1. The number of likely N-dealkylation sites (tertiary alicyclic amines) is 1. The summed E-state index contributed by atoms with van der Waals surface area (Å²) in [6, 6.07) is 2.17. The van der Waals surface area contributed by atoms with Gasteiger partial charge in [-0.2, -0.15) is 0 Å². The standard InChI is InChI=1S/C14H28N2/c1-10(2)15-14-6-5-12-8-16(11(3)4)9-13(12)7-14/h10-15H,5-9H2,1-4H3. The van der Waals surface area contributed by atoms with Crippen LogP contribution in [-0.4, -0.2) is 36.1 Å². The molecule has 0 radical (unpaired) electrons. The van der Waals surface area contributed by atoms with Crippen molar-refractivity contribution >= 4 is 0 Å². The zero-order valence-electron chi connectivity index (χ0n) is 11.4. The van der Waals surface area contributed by atoms with Gasteiger partial charge in [0.25, 0.3) is 0 Å². The number of nitrogens with one attached hydrogen (secondary N) is 1. The van der Waals surface area contributed by atoms with Crippen LogP contribution in [0.1, 0.15) is 47.0 Å². The molecular weight excluding hydrogens is 196 g/mol. The smallest absolute Gasteiger partial charge is 0.00727 e. The fourth-order valence-electron chi connectivity index (χ4n) is 3.51. The number of rotatable bonds is 3. The summed E-state index contributed by atoms with van der Waals surface area (Å²) in [6.07, 6.45) is 4.25. The van der Waals surface area contributed by atoms with Crippen LogP contribution in [0.15, 0.2) is 0 Å². The van der Waals surface area contributed by atoms with E-state index in [1.807, 2.05) is 0 Å². The van der Waals surface area contributed by atoms with Crippen molar-refractivity contribution in [3.8, 4) is 0 Å². The second-order valence-corrected chi connectivity index (χ2v) is 6.40. The molecule has 3 unspecified atom stereocenters. The summed E-state index contributed by atoms with van der Waals surface area (Å²) in [5.41, 5.74) is 0. The lowest BCUT2D eigenvalue weighted by Crippen LogP contribution is -2.40. The minimum absolute atomic E-state index is 0.643. The zero-order valence-corrected chi connectivity index (χ0v) is 11.4. The zero-order chi connectivity index (χ0) is 11.7. The Morgan fingerprint density at radius 2 is 1.69 bits per heavy atom. The molecule has 2 nitrogen and oxygen atoms in total. The highest BCUT2D eigenvalue weighted by atomic mass is 15.2. The molecular formula is C14H28N2. The highest BCUT2D eigenvalue weighted by molar-refractivity contribution is 4.92. The Bertz CT molecular complexity index is 225. The summed E-state index contributed by atoms with van der Waals surface area (Å²) in [5.74, 6) is 1.96. The normalized spacial score (nSPS) is 36.0. The Labute approximate surface area is 101 Å². The minimum atomic E-state index is 0.643. The molecule has 1 saturated heterocycles. The molecule has 94 valence electrons. The van der Waals surface area contributed by atoms with E-state index in [-0.39, 0.29) is 0 Å². The first-order chi connectivity index (χ1) is 7.56. The van der Waals surface area contributed by atoms with Crippen LogP contribution >= 0.6 is 0 Å². The van der Waals surface area contributed by atoms with Gasteiger partial charge >= 0.3 is 0 Å². The van der Waals surface area contributed by atoms with Crippen molar-refractivity contribution in [2.45, 2.75) is 65.1 Å². The molecule has 1 N–H and O–H groups in total. The van der Waals surface area contributed by atoms with E-state index in [2.05, 4.69) is 37.9 Å². The molecule has 2 fully saturated rings. The minimum Gasteiger partial charge on any atom is -0.312 e. The second-order valence-electron chi connectivity index (χ2n) is 6.40. The van der Waals surface area contributed by atoms with E-state index in [1.54, 1.807) is 0 Å². The van der Waals surface area contributed by atoms with E-state index >= 15 is 0 Å². The van der Waals surface area contributed by atoms with Gasteiger partial charge in [-0.15, -0.1) is 0 Å². The maximum Gasteiger partial charge on any atom is 0.00727 e.